The molecule has 0 saturated heterocycles. The zero-order valence-electron chi connectivity index (χ0n) is 22.7. The Morgan fingerprint density at radius 1 is 1.12 bits per heavy atom. The molecule has 1 aliphatic rings. The Labute approximate surface area is 235 Å². The van der Waals surface area contributed by atoms with Gasteiger partial charge in [0.05, 0.1) is 16.6 Å². The van der Waals surface area contributed by atoms with E-state index < -0.39 is 11.9 Å². The monoisotopic (exact) mass is 547 g/mol. The van der Waals surface area contributed by atoms with E-state index >= 15 is 4.39 Å². The van der Waals surface area contributed by atoms with Crippen molar-refractivity contribution in [2.75, 3.05) is 19.5 Å². The molecule has 4 aromatic heterocycles. The number of hydrogen-bond acceptors (Lipinski definition) is 8. The summed E-state index contributed by atoms with van der Waals surface area (Å²) in [6.45, 7) is 2.17. The van der Waals surface area contributed by atoms with Gasteiger partial charge in [0, 0.05) is 43.4 Å². The molecular weight excluding hydrogens is 521 g/mol. The molecule has 6 rings (SSSR count). The molecule has 0 spiro atoms. The van der Waals surface area contributed by atoms with Gasteiger partial charge in [-0.2, -0.15) is 0 Å². The lowest BCUT2D eigenvalue weighted by molar-refractivity contribution is 0.192. The molecule has 0 aliphatic heterocycles. The minimum Gasteiger partial charge on any atom is -0.452 e. The number of aryl methyl sites for hydroxylation is 2. The van der Waals surface area contributed by atoms with E-state index in [1.807, 2.05) is 54.9 Å². The van der Waals surface area contributed by atoms with Gasteiger partial charge in [-0.05, 0) is 60.4 Å². The van der Waals surface area contributed by atoms with Crippen LogP contribution in [-0.2, 0) is 11.8 Å². The maximum absolute atomic E-state index is 15.5. The van der Waals surface area contributed by atoms with Crippen molar-refractivity contribution < 1.29 is 13.9 Å². The lowest BCUT2D eigenvalue weighted by Gasteiger charge is -2.20. The molecule has 0 saturated carbocycles. The molecule has 5 aromatic rings. The average Bonchev–Trinajstić information content (AvgIpc) is 3.27. The summed E-state index contributed by atoms with van der Waals surface area (Å²) in [6.07, 6.45) is 5.87. The number of ether oxygens (including phenoxy) is 2. The van der Waals surface area contributed by atoms with E-state index in [0.29, 0.717) is 34.7 Å². The van der Waals surface area contributed by atoms with Gasteiger partial charge >= 0.3 is 6.01 Å². The van der Waals surface area contributed by atoms with Gasteiger partial charge in [0.15, 0.2) is 6.10 Å². The zero-order valence-corrected chi connectivity index (χ0v) is 22.7. The highest BCUT2D eigenvalue weighted by atomic mass is 19.1. The summed E-state index contributed by atoms with van der Waals surface area (Å²) in [5, 5.41) is 1.59. The Morgan fingerprint density at radius 2 is 2.00 bits per heavy atom. The maximum atomic E-state index is 15.5. The highest BCUT2D eigenvalue weighted by Gasteiger charge is 2.27. The number of allylic oxidation sites excluding steroid dienone is 2. The van der Waals surface area contributed by atoms with E-state index in [9.17, 15) is 0 Å². The summed E-state index contributed by atoms with van der Waals surface area (Å²) >= 11 is 0. The minimum absolute atomic E-state index is 0.136. The second-order valence-electron chi connectivity index (χ2n) is 9.59. The third kappa shape index (κ3) is 4.99. The molecule has 0 bridgehead atoms. The summed E-state index contributed by atoms with van der Waals surface area (Å²) in [6, 6.07) is 11.7. The van der Waals surface area contributed by atoms with Gasteiger partial charge in [0.1, 0.15) is 35.9 Å². The predicted octanol–water partition coefficient (Wildman–Crippen LogP) is 4.95. The van der Waals surface area contributed by atoms with Gasteiger partial charge in [-0.15, -0.1) is 0 Å². The predicted molar refractivity (Wildman–Crippen MR) is 155 cm³/mol. The van der Waals surface area contributed by atoms with Crippen molar-refractivity contribution in [3.63, 3.8) is 0 Å². The van der Waals surface area contributed by atoms with E-state index in [0.717, 1.165) is 33.4 Å². The Bertz CT molecular complexity index is 1930. The molecule has 0 radical (unpaired) electrons. The lowest BCUT2D eigenvalue weighted by atomic mass is 9.93. The smallest absolute Gasteiger partial charge is 0.317 e. The first-order valence-corrected chi connectivity index (χ1v) is 12.9. The van der Waals surface area contributed by atoms with Crippen LogP contribution in [0, 0.1) is 18.8 Å². The molecule has 1 unspecified atom stereocenters. The van der Waals surface area contributed by atoms with Crippen LogP contribution in [0.5, 0.6) is 6.01 Å². The van der Waals surface area contributed by atoms with Crippen molar-refractivity contribution in [1.82, 2.24) is 29.5 Å². The van der Waals surface area contributed by atoms with E-state index in [-0.39, 0.29) is 12.4 Å². The van der Waals surface area contributed by atoms with Gasteiger partial charge < -0.3 is 19.8 Å². The molecule has 1 atom stereocenters. The van der Waals surface area contributed by atoms with Crippen LogP contribution in [0.1, 0.15) is 23.4 Å². The number of nitrogen functional groups attached to an aromatic ring is 1. The quantitative estimate of drug-likeness (QED) is 0.308. The molecule has 41 heavy (non-hydrogen) atoms. The second kappa shape index (κ2) is 10.8. The second-order valence-corrected chi connectivity index (χ2v) is 9.59. The van der Waals surface area contributed by atoms with Crippen molar-refractivity contribution in [2.24, 2.45) is 7.05 Å². The largest absolute Gasteiger partial charge is 0.452 e. The van der Waals surface area contributed by atoms with E-state index in [2.05, 4.69) is 36.8 Å². The van der Waals surface area contributed by atoms with Crippen LogP contribution in [-0.4, -0.2) is 49.3 Å². The third-order valence-corrected chi connectivity index (χ3v) is 6.85. The molecular formula is C31H26FN7O2. The highest BCUT2D eigenvalue weighted by molar-refractivity contribution is 6.06. The summed E-state index contributed by atoms with van der Waals surface area (Å²) < 4.78 is 28.2. The van der Waals surface area contributed by atoms with Crippen LogP contribution >= 0.6 is 0 Å². The minimum atomic E-state index is -0.833. The highest BCUT2D eigenvalue weighted by Crippen LogP contribution is 2.42. The number of rotatable bonds is 5. The number of methoxy groups -OCH3 is 1. The lowest BCUT2D eigenvalue weighted by Crippen LogP contribution is -2.20. The normalized spacial score (nSPS) is 14.9. The Balaban J connectivity index is 1.43. The first kappa shape index (κ1) is 26.1. The topological polar surface area (TPSA) is 114 Å². The number of fused-ring (bicyclic) bond motifs is 2. The molecule has 10 heteroatoms. The maximum Gasteiger partial charge on any atom is 0.317 e. The van der Waals surface area contributed by atoms with Crippen molar-refractivity contribution >= 4 is 33.3 Å². The van der Waals surface area contributed by atoms with Crippen molar-refractivity contribution in [3.8, 4) is 29.1 Å². The Hall–Kier alpha value is -5.14. The molecule has 0 amide bonds. The summed E-state index contributed by atoms with van der Waals surface area (Å²) in [5.41, 5.74) is 12.4. The fourth-order valence-electron chi connectivity index (χ4n) is 4.97. The Morgan fingerprint density at radius 3 is 2.80 bits per heavy atom. The number of halogens is 1. The summed E-state index contributed by atoms with van der Waals surface area (Å²) in [4.78, 5) is 21.7. The van der Waals surface area contributed by atoms with Crippen molar-refractivity contribution in [3.05, 3.63) is 83.9 Å². The van der Waals surface area contributed by atoms with E-state index in [1.165, 1.54) is 12.4 Å². The SMILES string of the molecule is COCC#Cc1ccc2cc(-c3c(C4=CCC(Oc5nccc(C)n5)C(F)=C4)c4c(N)ncnc4n3C)ccc2n1. The number of benzene rings is 1. The van der Waals surface area contributed by atoms with E-state index in [1.54, 1.807) is 19.4 Å². The van der Waals surface area contributed by atoms with Crippen molar-refractivity contribution in [1.29, 1.82) is 0 Å². The zero-order chi connectivity index (χ0) is 28.5. The van der Waals surface area contributed by atoms with Crippen LogP contribution in [0.15, 0.2) is 66.9 Å². The first-order valence-electron chi connectivity index (χ1n) is 12.9. The van der Waals surface area contributed by atoms with Crippen LogP contribution in [0.3, 0.4) is 0 Å². The number of pyridine rings is 1. The molecule has 204 valence electrons. The number of aromatic nitrogens is 6. The van der Waals surface area contributed by atoms with Gasteiger partial charge in [-0.3, -0.25) is 0 Å². The number of nitrogens with two attached hydrogens (primary N) is 1. The third-order valence-electron chi connectivity index (χ3n) is 6.85. The van der Waals surface area contributed by atoms with E-state index in [4.69, 9.17) is 15.2 Å². The van der Waals surface area contributed by atoms with Crippen LogP contribution in [0.4, 0.5) is 10.2 Å². The number of anilines is 1. The standard InChI is InChI=1S/C31H26FN7O2/c1-18-12-13-34-31(37-18)41-25-11-8-20(16-23(25)32)26-27-29(33)35-17-36-30(27)39(2)28(26)21-7-10-24-19(15-21)6-9-22(38-24)5-4-14-40-3/h6-10,12-13,15-17,25H,11,14H2,1-3H3,(H2,33,35,36). The van der Waals surface area contributed by atoms with Gasteiger partial charge in [0.2, 0.25) is 0 Å². The molecule has 9 nitrogen and oxygen atoms in total. The average molecular weight is 548 g/mol. The summed E-state index contributed by atoms with van der Waals surface area (Å²) in [5.74, 6) is 5.81. The van der Waals surface area contributed by atoms with Gasteiger partial charge in [0.25, 0.3) is 0 Å². The molecule has 2 N–H and O–H groups in total. The molecule has 1 aliphatic carbocycles. The fraction of sp³-hybridized carbons (Fsp3) is 0.194. The summed E-state index contributed by atoms with van der Waals surface area (Å²) in [7, 11) is 3.51. The van der Waals surface area contributed by atoms with Crippen LogP contribution in [0.25, 0.3) is 38.8 Å². The number of hydrogen-bond donors (Lipinski definition) is 1. The van der Waals surface area contributed by atoms with Crippen LogP contribution in [0.2, 0.25) is 0 Å². The van der Waals surface area contributed by atoms with Gasteiger partial charge in [-0.25, -0.2) is 29.3 Å². The van der Waals surface area contributed by atoms with Crippen molar-refractivity contribution in [2.45, 2.75) is 19.4 Å². The van der Waals surface area contributed by atoms with Crippen LogP contribution < -0.4 is 10.5 Å². The van der Waals surface area contributed by atoms with Gasteiger partial charge in [-0.1, -0.05) is 18.1 Å². The first-order chi connectivity index (χ1) is 19.9. The Kier molecular flexibility index (Phi) is 6.87. The number of nitrogens with zero attached hydrogens (tertiary/aromatic N) is 6. The molecule has 4 heterocycles. The fourth-order valence-corrected chi connectivity index (χ4v) is 4.97. The molecule has 1 aromatic carbocycles. The molecule has 0 fully saturated rings.